The van der Waals surface area contributed by atoms with Gasteiger partial charge >= 0.3 is 5.97 Å². The van der Waals surface area contributed by atoms with Crippen molar-refractivity contribution in [2.24, 2.45) is 5.73 Å². The van der Waals surface area contributed by atoms with E-state index in [2.05, 4.69) is 4.98 Å². The molecule has 1 aromatic rings. The molecule has 0 unspecified atom stereocenters. The third-order valence-electron chi connectivity index (χ3n) is 1.33. The molecule has 0 spiro atoms. The molecule has 8 heteroatoms. The lowest BCUT2D eigenvalue weighted by molar-refractivity contribution is -0.613. The molecule has 17 heavy (non-hydrogen) atoms. The van der Waals surface area contributed by atoms with E-state index in [-0.39, 0.29) is 12.3 Å². The van der Waals surface area contributed by atoms with E-state index in [1.54, 1.807) is 6.92 Å². The lowest BCUT2D eigenvalue weighted by Gasteiger charge is -1.98. The van der Waals surface area contributed by atoms with Crippen molar-refractivity contribution in [2.75, 3.05) is 20.3 Å². The Morgan fingerprint density at radius 2 is 2.06 bits per heavy atom. The van der Waals surface area contributed by atoms with E-state index in [4.69, 9.17) is 21.1 Å². The molecule has 0 radical (unpaired) electrons. The molecule has 0 bridgehead atoms. The largest absolute Gasteiger partial charge is 0.618 e. The van der Waals surface area contributed by atoms with Gasteiger partial charge in [0.1, 0.15) is 0 Å². The quantitative estimate of drug-likeness (QED) is 0.359. The van der Waals surface area contributed by atoms with Crippen LogP contribution in [0.15, 0.2) is 12.4 Å². The molecule has 98 valence electrons. The number of aromatic nitrogens is 2. The number of aryl methyl sites for hydroxylation is 1. The second-order valence-electron chi connectivity index (χ2n) is 2.56. The fraction of sp³-hybridized carbons (Fsp3) is 0.444. The number of carboxylic acids is 1. The van der Waals surface area contributed by atoms with E-state index in [9.17, 15) is 10.0 Å². The maximum atomic E-state index is 10.8. The van der Waals surface area contributed by atoms with Crippen LogP contribution < -0.4 is 10.5 Å². The van der Waals surface area contributed by atoms with Gasteiger partial charge in [-0.05, 0) is 0 Å². The highest BCUT2D eigenvalue weighted by atomic mass is 16.5. The predicted octanol–water partition coefficient (Wildman–Crippen LogP) is -1.73. The Morgan fingerprint density at radius 1 is 1.59 bits per heavy atom. The maximum absolute atomic E-state index is 10.8. The number of aliphatic hydroxyl groups is 2. The van der Waals surface area contributed by atoms with Gasteiger partial charge in [-0.1, -0.05) is 0 Å². The molecule has 8 nitrogen and oxygen atoms in total. The third-order valence-corrected chi connectivity index (χ3v) is 1.33. The molecular formula is C9H17N3O5. The van der Waals surface area contributed by atoms with Crippen molar-refractivity contribution >= 4 is 5.97 Å². The first-order chi connectivity index (χ1) is 8.02. The lowest BCUT2D eigenvalue weighted by Crippen LogP contribution is -2.31. The first kappa shape index (κ1) is 17.6. The van der Waals surface area contributed by atoms with Crippen molar-refractivity contribution in [3.8, 4) is 0 Å². The van der Waals surface area contributed by atoms with Crippen LogP contribution in [-0.2, 0) is 0 Å². The van der Waals surface area contributed by atoms with Gasteiger partial charge in [0.05, 0.1) is 12.8 Å². The number of hydrogen-bond acceptors (Lipinski definition) is 6. The molecule has 0 atom stereocenters. The highest BCUT2D eigenvalue weighted by molar-refractivity contribution is 5.84. The zero-order valence-electron chi connectivity index (χ0n) is 9.70. The number of hydrogen-bond donors (Lipinski definition) is 4. The van der Waals surface area contributed by atoms with Crippen molar-refractivity contribution < 1.29 is 24.8 Å². The number of aliphatic hydroxyl groups excluding tert-OH is 2. The molecule has 0 aliphatic heterocycles. The van der Waals surface area contributed by atoms with Gasteiger partial charge in [-0.3, -0.25) is 0 Å². The monoisotopic (exact) mass is 247 g/mol. The Labute approximate surface area is 98.5 Å². The lowest BCUT2D eigenvalue weighted by atomic mass is 10.4. The molecule has 0 fully saturated rings. The predicted molar refractivity (Wildman–Crippen MR) is 59.2 cm³/mol. The second-order valence-corrected chi connectivity index (χ2v) is 2.56. The molecule has 1 rings (SSSR count). The Morgan fingerprint density at radius 3 is 2.35 bits per heavy atom. The summed E-state index contributed by atoms with van der Waals surface area (Å²) in [4.78, 5) is 13.8. The zero-order valence-corrected chi connectivity index (χ0v) is 9.70. The summed E-state index contributed by atoms with van der Waals surface area (Å²) in [6.45, 7) is 2.02. The van der Waals surface area contributed by atoms with E-state index in [0.717, 1.165) is 13.3 Å². The molecule has 1 heterocycles. The number of carboxylic acid groups (broad SMARTS) is 1. The SMILES string of the molecule is CO.Cc1cnc(C(=O)O)c[n+]1[O-].NCCO. The minimum Gasteiger partial charge on any atom is -0.618 e. The highest BCUT2D eigenvalue weighted by Gasteiger charge is 2.09. The average molecular weight is 247 g/mol. The van der Waals surface area contributed by atoms with Gasteiger partial charge in [-0.15, -0.1) is 0 Å². The first-order valence-electron chi connectivity index (χ1n) is 4.57. The van der Waals surface area contributed by atoms with Crippen LogP contribution in [0.2, 0.25) is 0 Å². The Kier molecular flexibility index (Phi) is 11.1. The third kappa shape index (κ3) is 8.08. The normalized spacial score (nSPS) is 8.29. The van der Waals surface area contributed by atoms with E-state index >= 15 is 0 Å². The van der Waals surface area contributed by atoms with Crippen LogP contribution in [0.25, 0.3) is 0 Å². The van der Waals surface area contributed by atoms with Gasteiger partial charge in [0.15, 0.2) is 0 Å². The van der Waals surface area contributed by atoms with Crippen molar-refractivity contribution in [1.82, 2.24) is 4.98 Å². The van der Waals surface area contributed by atoms with Crippen molar-refractivity contribution in [2.45, 2.75) is 6.92 Å². The Balaban J connectivity index is 0. The highest BCUT2D eigenvalue weighted by Crippen LogP contribution is 1.90. The summed E-state index contributed by atoms with van der Waals surface area (Å²) in [5.74, 6) is -1.20. The fourth-order valence-electron chi connectivity index (χ4n) is 0.577. The van der Waals surface area contributed by atoms with E-state index in [1.165, 1.54) is 6.20 Å². The molecule has 5 N–H and O–H groups in total. The maximum Gasteiger partial charge on any atom is 0.360 e. The minimum atomic E-state index is -1.20. The Hall–Kier alpha value is -1.77. The molecular weight excluding hydrogens is 230 g/mol. The minimum absolute atomic E-state index is 0.0972. The molecule has 0 aliphatic rings. The number of nitrogens with zero attached hydrogens (tertiary/aromatic N) is 2. The second kappa shape index (κ2) is 10.7. The van der Waals surface area contributed by atoms with Crippen molar-refractivity contribution in [3.05, 3.63) is 29.0 Å². The molecule has 1 aromatic heterocycles. The van der Waals surface area contributed by atoms with Gasteiger partial charge in [-0.2, -0.15) is 4.73 Å². The van der Waals surface area contributed by atoms with Gasteiger partial charge in [0.2, 0.25) is 17.6 Å². The van der Waals surface area contributed by atoms with E-state index in [1.807, 2.05) is 0 Å². The topological polar surface area (TPSA) is 144 Å². The zero-order chi connectivity index (χ0) is 13.8. The Bertz CT molecular complexity index is 330. The van der Waals surface area contributed by atoms with Crippen LogP contribution >= 0.6 is 0 Å². The van der Waals surface area contributed by atoms with Crippen LogP contribution in [0.1, 0.15) is 16.2 Å². The van der Waals surface area contributed by atoms with Gasteiger partial charge in [-0.25, -0.2) is 9.78 Å². The summed E-state index contributed by atoms with van der Waals surface area (Å²) in [7, 11) is 1.00. The summed E-state index contributed by atoms with van der Waals surface area (Å²) < 4.78 is 0.469. The molecule has 0 aromatic carbocycles. The molecule has 0 saturated carbocycles. The standard InChI is InChI=1S/C6H6N2O3.C2H7NO.CH4O/c1-4-2-7-5(6(9)10)3-8(4)11;3-1-2-4;1-2/h2-3H,1H3,(H,9,10);4H,1-3H2;2H,1H3. The summed E-state index contributed by atoms with van der Waals surface area (Å²) >= 11 is 0. The summed E-state index contributed by atoms with van der Waals surface area (Å²) in [6, 6.07) is 0. The summed E-state index contributed by atoms with van der Waals surface area (Å²) in [6.07, 6.45) is 2.15. The number of aromatic carboxylic acids is 1. The van der Waals surface area contributed by atoms with Crippen LogP contribution in [-0.4, -0.2) is 46.5 Å². The van der Waals surface area contributed by atoms with Crippen LogP contribution in [0.3, 0.4) is 0 Å². The number of nitrogens with two attached hydrogens (primary N) is 1. The van der Waals surface area contributed by atoms with Crippen LogP contribution in [0.4, 0.5) is 0 Å². The smallest absolute Gasteiger partial charge is 0.360 e. The van der Waals surface area contributed by atoms with Crippen LogP contribution in [0, 0.1) is 12.1 Å². The van der Waals surface area contributed by atoms with Gasteiger partial charge < -0.3 is 26.3 Å². The molecule has 0 amide bonds. The number of carbonyl (C=O) groups is 1. The van der Waals surface area contributed by atoms with Gasteiger partial charge in [0.25, 0.3) is 0 Å². The van der Waals surface area contributed by atoms with Crippen molar-refractivity contribution in [3.63, 3.8) is 0 Å². The van der Waals surface area contributed by atoms with E-state index < -0.39 is 5.97 Å². The fourth-order valence-corrected chi connectivity index (χ4v) is 0.577. The van der Waals surface area contributed by atoms with Crippen molar-refractivity contribution in [1.29, 1.82) is 0 Å². The van der Waals surface area contributed by atoms with E-state index in [0.29, 0.717) is 17.0 Å². The summed E-state index contributed by atoms with van der Waals surface area (Å²) in [5.41, 5.74) is 4.90. The average Bonchev–Trinajstić information content (AvgIpc) is 2.35. The molecule has 0 saturated heterocycles. The van der Waals surface area contributed by atoms with Gasteiger partial charge in [0, 0.05) is 20.6 Å². The first-order valence-corrected chi connectivity index (χ1v) is 4.57. The summed E-state index contributed by atoms with van der Waals surface area (Å²) in [5, 5.41) is 33.9. The molecule has 0 aliphatic carbocycles. The number of rotatable bonds is 2. The van der Waals surface area contributed by atoms with Crippen LogP contribution in [0.5, 0.6) is 0 Å².